The van der Waals surface area contributed by atoms with Crippen LogP contribution in [0.2, 0.25) is 0 Å². The lowest BCUT2D eigenvalue weighted by Crippen LogP contribution is -2.44. The molecule has 2 N–H and O–H groups in total. The van der Waals surface area contributed by atoms with Crippen molar-refractivity contribution in [3.8, 4) is 0 Å². The Bertz CT molecular complexity index is 1040. The molecule has 0 fully saturated rings. The normalized spacial score (nSPS) is 15.6. The molecule has 3 rings (SSSR count). The molecule has 2 amide bonds. The second kappa shape index (κ2) is 10.3. The van der Waals surface area contributed by atoms with E-state index >= 15 is 0 Å². The van der Waals surface area contributed by atoms with E-state index in [1.54, 1.807) is 18.7 Å². The summed E-state index contributed by atoms with van der Waals surface area (Å²) in [6, 6.07) is 9.90. The minimum atomic E-state index is -4.43. The van der Waals surface area contributed by atoms with Crippen LogP contribution in [0.5, 0.6) is 0 Å². The van der Waals surface area contributed by atoms with E-state index in [-0.39, 0.29) is 12.1 Å². The van der Waals surface area contributed by atoms with Gasteiger partial charge in [0.05, 0.1) is 5.56 Å². The number of aliphatic carboxylic acids is 1. The molecule has 0 aromatic heterocycles. The number of benzene rings is 2. The van der Waals surface area contributed by atoms with Crippen molar-refractivity contribution in [2.24, 2.45) is 0 Å². The monoisotopic (exact) mass is 494 g/mol. The zero-order valence-electron chi connectivity index (χ0n) is 19.4. The van der Waals surface area contributed by atoms with Crippen LogP contribution < -0.4 is 5.32 Å². The van der Waals surface area contributed by atoms with Crippen molar-refractivity contribution in [1.82, 2.24) is 4.90 Å². The number of carboxylic acid groups (broad SMARTS) is 1. The number of rotatable bonds is 8. The summed E-state index contributed by atoms with van der Waals surface area (Å²) in [6.45, 7) is 5.89. The minimum Gasteiger partial charge on any atom is -0.480 e. The lowest BCUT2D eigenvalue weighted by Gasteiger charge is -2.29. The second-order valence-corrected chi connectivity index (χ2v) is 10.7. The maximum absolute atomic E-state index is 13.1. The summed E-state index contributed by atoms with van der Waals surface area (Å²) in [7, 11) is 0. The van der Waals surface area contributed by atoms with Crippen LogP contribution in [0, 0.1) is 0 Å². The minimum absolute atomic E-state index is 0.0799. The van der Waals surface area contributed by atoms with E-state index in [0.717, 1.165) is 41.0 Å². The molecule has 34 heavy (non-hydrogen) atoms. The Morgan fingerprint density at radius 1 is 1.09 bits per heavy atom. The number of carboxylic acids is 1. The van der Waals surface area contributed by atoms with Crippen molar-refractivity contribution in [3.63, 3.8) is 0 Å². The average molecular weight is 495 g/mol. The van der Waals surface area contributed by atoms with Gasteiger partial charge in [0.25, 0.3) is 0 Å². The number of unbranched alkanes of at least 4 members (excludes halogenated alkanes) is 1. The molecule has 1 atom stereocenters. The SMILES string of the molecule is CCCCN(C(=O)Nc1ccc(C(F)(F)F)cc1)C1Cc2ccc(SC(C)(C)C(=O)O)cc2C1. The fourth-order valence-electron chi connectivity index (χ4n) is 3.91. The van der Waals surface area contributed by atoms with Crippen LogP contribution in [-0.4, -0.2) is 39.3 Å². The zero-order valence-corrected chi connectivity index (χ0v) is 20.2. The summed E-state index contributed by atoms with van der Waals surface area (Å²) in [5.74, 6) is -0.887. The Morgan fingerprint density at radius 2 is 1.74 bits per heavy atom. The number of nitrogens with one attached hydrogen (secondary N) is 1. The van der Waals surface area contributed by atoms with Gasteiger partial charge in [0.15, 0.2) is 0 Å². The Kier molecular flexibility index (Phi) is 7.85. The molecule has 0 radical (unpaired) electrons. The zero-order chi connectivity index (χ0) is 25.1. The van der Waals surface area contributed by atoms with Gasteiger partial charge in [0.2, 0.25) is 0 Å². The van der Waals surface area contributed by atoms with E-state index in [1.807, 2.05) is 25.1 Å². The van der Waals surface area contributed by atoms with Crippen molar-refractivity contribution in [1.29, 1.82) is 0 Å². The summed E-state index contributed by atoms with van der Waals surface area (Å²) in [6.07, 6.45) is -1.41. The molecule has 2 aromatic rings. The molecule has 0 heterocycles. The molecule has 1 aliphatic rings. The quantitative estimate of drug-likeness (QED) is 0.413. The summed E-state index contributed by atoms with van der Waals surface area (Å²) in [5, 5.41) is 12.1. The first kappa shape index (κ1) is 25.9. The fourth-order valence-corrected chi connectivity index (χ4v) is 4.92. The highest BCUT2D eigenvalue weighted by atomic mass is 32.2. The van der Waals surface area contributed by atoms with Gasteiger partial charge >= 0.3 is 18.2 Å². The average Bonchev–Trinajstić information content (AvgIpc) is 3.16. The van der Waals surface area contributed by atoms with Gasteiger partial charge in [-0.2, -0.15) is 13.2 Å². The Balaban J connectivity index is 1.73. The number of fused-ring (bicyclic) bond motifs is 1. The lowest BCUT2D eigenvalue weighted by molar-refractivity contribution is -0.139. The summed E-state index contributed by atoms with van der Waals surface area (Å²) in [5.41, 5.74) is 1.75. The maximum atomic E-state index is 13.1. The third kappa shape index (κ3) is 6.25. The van der Waals surface area contributed by atoms with Crippen molar-refractivity contribution in [3.05, 3.63) is 59.2 Å². The van der Waals surface area contributed by atoms with Gasteiger partial charge in [-0.1, -0.05) is 19.4 Å². The van der Waals surface area contributed by atoms with Crippen LogP contribution in [0.25, 0.3) is 0 Å². The number of nitrogens with zero attached hydrogens (tertiary/aromatic N) is 1. The fraction of sp³-hybridized carbons (Fsp3) is 0.440. The molecule has 2 aromatic carbocycles. The van der Waals surface area contributed by atoms with Gasteiger partial charge in [-0.05, 0) is 80.6 Å². The highest BCUT2D eigenvalue weighted by Gasteiger charge is 2.33. The van der Waals surface area contributed by atoms with Crippen molar-refractivity contribution in [2.75, 3.05) is 11.9 Å². The van der Waals surface area contributed by atoms with Gasteiger partial charge in [0.1, 0.15) is 4.75 Å². The number of alkyl halides is 3. The summed E-state index contributed by atoms with van der Waals surface area (Å²) >= 11 is 1.28. The van der Waals surface area contributed by atoms with E-state index in [0.29, 0.717) is 25.1 Å². The van der Waals surface area contributed by atoms with Crippen molar-refractivity contribution < 1.29 is 27.9 Å². The smallest absolute Gasteiger partial charge is 0.416 e. The largest absolute Gasteiger partial charge is 0.480 e. The molecular formula is C25H29F3N2O3S. The predicted molar refractivity (Wildman–Crippen MR) is 127 cm³/mol. The second-order valence-electron chi connectivity index (χ2n) is 8.96. The van der Waals surface area contributed by atoms with Crippen LogP contribution in [0.3, 0.4) is 0 Å². The van der Waals surface area contributed by atoms with E-state index < -0.39 is 22.5 Å². The van der Waals surface area contributed by atoms with Crippen LogP contribution in [-0.2, 0) is 23.8 Å². The number of carbonyl (C=O) groups is 2. The number of thioether (sulfide) groups is 1. The first-order chi connectivity index (χ1) is 15.9. The highest BCUT2D eigenvalue weighted by Crippen LogP contribution is 2.36. The summed E-state index contributed by atoms with van der Waals surface area (Å²) < 4.78 is 37.5. The van der Waals surface area contributed by atoms with Crippen LogP contribution in [0.4, 0.5) is 23.7 Å². The summed E-state index contributed by atoms with van der Waals surface area (Å²) in [4.78, 5) is 27.2. The maximum Gasteiger partial charge on any atom is 0.416 e. The Labute approximate surface area is 201 Å². The van der Waals surface area contributed by atoms with Gasteiger partial charge in [-0.15, -0.1) is 11.8 Å². The van der Waals surface area contributed by atoms with Gasteiger partial charge in [0, 0.05) is 23.2 Å². The van der Waals surface area contributed by atoms with E-state index in [2.05, 4.69) is 5.32 Å². The number of amides is 2. The molecule has 9 heteroatoms. The van der Waals surface area contributed by atoms with E-state index in [4.69, 9.17) is 0 Å². The number of carbonyl (C=O) groups excluding carboxylic acids is 1. The number of anilines is 1. The standard InChI is InChI=1S/C25H29F3N2O3S/c1-4-5-12-30(23(33)29-19-9-7-18(8-10-19)25(26,27)28)20-13-16-6-11-21(15-17(16)14-20)34-24(2,3)22(31)32/h6-11,15,20H,4-5,12-14H2,1-3H3,(H,29,33)(H,31,32). The lowest BCUT2D eigenvalue weighted by atomic mass is 10.1. The van der Waals surface area contributed by atoms with E-state index in [9.17, 15) is 27.9 Å². The van der Waals surface area contributed by atoms with Crippen molar-refractivity contribution in [2.45, 2.75) is 68.3 Å². The number of hydrogen-bond donors (Lipinski definition) is 2. The van der Waals surface area contributed by atoms with Crippen LogP contribution in [0.15, 0.2) is 47.4 Å². The third-order valence-electron chi connectivity index (χ3n) is 5.89. The first-order valence-corrected chi connectivity index (χ1v) is 12.0. The molecule has 5 nitrogen and oxygen atoms in total. The number of halogens is 3. The van der Waals surface area contributed by atoms with Gasteiger partial charge < -0.3 is 15.3 Å². The van der Waals surface area contributed by atoms with E-state index in [1.165, 1.54) is 23.9 Å². The van der Waals surface area contributed by atoms with Crippen molar-refractivity contribution >= 4 is 29.4 Å². The van der Waals surface area contributed by atoms with Crippen LogP contribution >= 0.6 is 11.8 Å². The van der Waals surface area contributed by atoms with Gasteiger partial charge in [-0.3, -0.25) is 4.79 Å². The topological polar surface area (TPSA) is 69.6 Å². The molecule has 0 aliphatic heterocycles. The molecule has 184 valence electrons. The van der Waals surface area contributed by atoms with Gasteiger partial charge in [-0.25, -0.2) is 4.79 Å². The Morgan fingerprint density at radius 3 is 2.32 bits per heavy atom. The highest BCUT2D eigenvalue weighted by molar-refractivity contribution is 8.01. The number of hydrogen-bond acceptors (Lipinski definition) is 3. The Hall–Kier alpha value is -2.68. The third-order valence-corrected chi connectivity index (χ3v) is 7.07. The molecule has 0 bridgehead atoms. The number of urea groups is 1. The molecule has 1 aliphatic carbocycles. The first-order valence-electron chi connectivity index (χ1n) is 11.2. The van der Waals surface area contributed by atoms with Crippen LogP contribution in [0.1, 0.15) is 50.3 Å². The molecular weight excluding hydrogens is 465 g/mol. The molecule has 1 unspecified atom stereocenters. The molecule has 0 spiro atoms. The predicted octanol–water partition coefficient (Wildman–Crippen LogP) is 6.46. The molecule has 0 saturated carbocycles. The molecule has 0 saturated heterocycles.